The van der Waals surface area contributed by atoms with Gasteiger partial charge in [0.2, 0.25) is 0 Å². The zero-order valence-electron chi connectivity index (χ0n) is 19.1. The van der Waals surface area contributed by atoms with Gasteiger partial charge in [0.15, 0.2) is 23.1 Å². The van der Waals surface area contributed by atoms with Crippen molar-refractivity contribution < 1.29 is 18.7 Å². The van der Waals surface area contributed by atoms with E-state index in [0.29, 0.717) is 33.8 Å². The Kier molecular flexibility index (Phi) is 6.35. The van der Waals surface area contributed by atoms with Gasteiger partial charge in [-0.2, -0.15) is 0 Å². The van der Waals surface area contributed by atoms with Gasteiger partial charge in [-0.3, -0.25) is 9.78 Å². The molecule has 0 spiro atoms. The maximum atomic E-state index is 15.0. The number of fused-ring (bicyclic) bond motifs is 1. The normalized spacial score (nSPS) is 10.6. The van der Waals surface area contributed by atoms with E-state index in [9.17, 15) is 9.18 Å². The maximum Gasteiger partial charge on any atom is 0.278 e. The van der Waals surface area contributed by atoms with Crippen molar-refractivity contribution in [2.75, 3.05) is 17.7 Å². The molecule has 178 valence electrons. The van der Waals surface area contributed by atoms with Crippen LogP contribution in [0.15, 0.2) is 91.4 Å². The van der Waals surface area contributed by atoms with Crippen LogP contribution in [0.5, 0.6) is 17.2 Å². The molecule has 0 saturated heterocycles. The lowest BCUT2D eigenvalue weighted by molar-refractivity contribution is 0.102. The van der Waals surface area contributed by atoms with Crippen LogP contribution in [0.2, 0.25) is 0 Å². The Balaban J connectivity index is 1.36. The molecule has 1 amide bonds. The number of aromatic nitrogens is 3. The number of pyridine rings is 1. The number of nitrogens with zero attached hydrogens (tertiary/aromatic N) is 3. The molecule has 0 unspecified atom stereocenters. The van der Waals surface area contributed by atoms with E-state index in [2.05, 4.69) is 25.6 Å². The number of benzene rings is 3. The summed E-state index contributed by atoms with van der Waals surface area (Å²) in [7, 11) is 1.58. The quantitative estimate of drug-likeness (QED) is 0.296. The van der Waals surface area contributed by atoms with Gasteiger partial charge < -0.3 is 20.1 Å². The van der Waals surface area contributed by atoms with E-state index in [1.165, 1.54) is 24.5 Å². The van der Waals surface area contributed by atoms with E-state index < -0.39 is 11.7 Å². The zero-order chi connectivity index (χ0) is 24.9. The summed E-state index contributed by atoms with van der Waals surface area (Å²) < 4.78 is 26.1. The van der Waals surface area contributed by atoms with Gasteiger partial charge in [-0.25, -0.2) is 14.4 Å². The highest BCUT2D eigenvalue weighted by atomic mass is 19.1. The fourth-order valence-corrected chi connectivity index (χ4v) is 3.54. The molecule has 0 atom stereocenters. The molecular weight excluding hydrogens is 461 g/mol. The minimum absolute atomic E-state index is 0.0325. The molecule has 2 heterocycles. The SMILES string of the molecule is COc1ccc2c(Oc3ccc(Nc4nccnc4C(=O)Nc4ccccc4)cc3F)ccnc2c1. The summed E-state index contributed by atoms with van der Waals surface area (Å²) in [6, 6.07) is 20.4. The van der Waals surface area contributed by atoms with Gasteiger partial charge in [0.25, 0.3) is 5.91 Å². The third-order valence-electron chi connectivity index (χ3n) is 5.27. The first-order chi connectivity index (χ1) is 17.6. The van der Waals surface area contributed by atoms with Crippen molar-refractivity contribution in [1.82, 2.24) is 15.0 Å². The van der Waals surface area contributed by atoms with E-state index in [0.717, 1.165) is 0 Å². The molecule has 0 fully saturated rings. The molecule has 36 heavy (non-hydrogen) atoms. The van der Waals surface area contributed by atoms with Crippen molar-refractivity contribution in [3.05, 3.63) is 103 Å². The Morgan fingerprint density at radius 3 is 2.47 bits per heavy atom. The number of hydrogen-bond acceptors (Lipinski definition) is 7. The monoisotopic (exact) mass is 481 g/mol. The number of carbonyl (C=O) groups excluding carboxylic acids is 1. The van der Waals surface area contributed by atoms with Crippen molar-refractivity contribution in [3.8, 4) is 17.2 Å². The van der Waals surface area contributed by atoms with Crippen LogP contribution >= 0.6 is 0 Å². The van der Waals surface area contributed by atoms with Crippen LogP contribution in [-0.2, 0) is 0 Å². The molecule has 5 aromatic rings. The molecule has 0 radical (unpaired) electrons. The second-order valence-corrected chi connectivity index (χ2v) is 7.64. The summed E-state index contributed by atoms with van der Waals surface area (Å²) in [5.41, 5.74) is 1.72. The lowest BCUT2D eigenvalue weighted by atomic mass is 10.2. The highest BCUT2D eigenvalue weighted by molar-refractivity contribution is 6.06. The second kappa shape index (κ2) is 10.1. The van der Waals surface area contributed by atoms with Crippen LogP contribution in [-0.4, -0.2) is 28.0 Å². The first-order valence-corrected chi connectivity index (χ1v) is 11.0. The minimum Gasteiger partial charge on any atom is -0.497 e. The van der Waals surface area contributed by atoms with Crippen LogP contribution in [0.4, 0.5) is 21.6 Å². The molecule has 5 rings (SSSR count). The Hall–Kier alpha value is -5.05. The van der Waals surface area contributed by atoms with Crippen molar-refractivity contribution in [3.63, 3.8) is 0 Å². The number of anilines is 3. The summed E-state index contributed by atoms with van der Waals surface area (Å²) in [4.78, 5) is 25.4. The lowest BCUT2D eigenvalue weighted by Crippen LogP contribution is -2.16. The number of hydrogen-bond donors (Lipinski definition) is 2. The predicted molar refractivity (Wildman–Crippen MR) is 134 cm³/mol. The van der Waals surface area contributed by atoms with Crippen molar-refractivity contribution in [2.45, 2.75) is 0 Å². The smallest absolute Gasteiger partial charge is 0.278 e. The van der Waals surface area contributed by atoms with E-state index in [1.807, 2.05) is 18.2 Å². The fourth-order valence-electron chi connectivity index (χ4n) is 3.54. The minimum atomic E-state index is -0.599. The highest BCUT2D eigenvalue weighted by Crippen LogP contribution is 2.33. The van der Waals surface area contributed by atoms with Crippen LogP contribution in [0.1, 0.15) is 10.5 Å². The Bertz CT molecular complexity index is 1550. The van der Waals surface area contributed by atoms with Crippen molar-refractivity contribution >= 4 is 34.0 Å². The topological polar surface area (TPSA) is 98.3 Å². The molecule has 9 heteroatoms. The average Bonchev–Trinajstić information content (AvgIpc) is 2.91. The van der Waals surface area contributed by atoms with E-state index in [4.69, 9.17) is 9.47 Å². The summed E-state index contributed by atoms with van der Waals surface area (Å²) in [6.45, 7) is 0. The fraction of sp³-hybridized carbons (Fsp3) is 0.0370. The number of halogens is 1. The van der Waals surface area contributed by atoms with Gasteiger partial charge in [-0.15, -0.1) is 0 Å². The summed E-state index contributed by atoms with van der Waals surface area (Å²) in [6.07, 6.45) is 4.44. The molecule has 8 nitrogen and oxygen atoms in total. The maximum absolute atomic E-state index is 15.0. The second-order valence-electron chi connectivity index (χ2n) is 7.64. The number of methoxy groups -OCH3 is 1. The number of carbonyl (C=O) groups is 1. The number of ether oxygens (including phenoxy) is 2. The van der Waals surface area contributed by atoms with Crippen molar-refractivity contribution in [2.24, 2.45) is 0 Å². The van der Waals surface area contributed by atoms with Crippen LogP contribution in [0, 0.1) is 5.82 Å². The Morgan fingerprint density at radius 2 is 1.67 bits per heavy atom. The molecule has 3 aromatic carbocycles. The third-order valence-corrected chi connectivity index (χ3v) is 5.27. The van der Waals surface area contributed by atoms with Gasteiger partial charge in [-0.1, -0.05) is 18.2 Å². The first kappa shape index (κ1) is 22.7. The molecule has 2 aromatic heterocycles. The standard InChI is InChI=1S/C27H20FN5O3/c1-35-19-8-9-20-22(16-19)29-12-11-23(20)36-24-10-7-18(15-21(24)28)32-26-25(30-13-14-31-26)27(34)33-17-5-3-2-4-6-17/h2-16H,1H3,(H,31,32)(H,33,34). The predicted octanol–water partition coefficient (Wildman–Crippen LogP) is 5.96. The van der Waals surface area contributed by atoms with Crippen molar-refractivity contribution in [1.29, 1.82) is 0 Å². The van der Waals surface area contributed by atoms with Gasteiger partial charge >= 0.3 is 0 Å². The van der Waals surface area contributed by atoms with Crippen LogP contribution in [0.25, 0.3) is 10.9 Å². The number of para-hydroxylation sites is 1. The molecule has 0 bridgehead atoms. The number of rotatable bonds is 7. The first-order valence-electron chi connectivity index (χ1n) is 11.0. The highest BCUT2D eigenvalue weighted by Gasteiger charge is 2.16. The Morgan fingerprint density at radius 1 is 0.833 bits per heavy atom. The van der Waals surface area contributed by atoms with Crippen LogP contribution < -0.4 is 20.1 Å². The third kappa shape index (κ3) is 4.90. The largest absolute Gasteiger partial charge is 0.497 e. The van der Waals surface area contributed by atoms with Gasteiger partial charge in [-0.05, 0) is 42.5 Å². The molecule has 0 saturated carbocycles. The molecule has 2 N–H and O–H groups in total. The summed E-state index contributed by atoms with van der Waals surface area (Å²) in [5, 5.41) is 6.44. The van der Waals surface area contributed by atoms with Gasteiger partial charge in [0.05, 0.1) is 12.6 Å². The summed E-state index contributed by atoms with van der Waals surface area (Å²) >= 11 is 0. The summed E-state index contributed by atoms with van der Waals surface area (Å²) in [5.74, 6) is 0.292. The van der Waals surface area contributed by atoms with E-state index in [1.54, 1.807) is 55.8 Å². The average molecular weight is 481 g/mol. The van der Waals surface area contributed by atoms with Crippen LogP contribution in [0.3, 0.4) is 0 Å². The molecule has 0 aliphatic heterocycles. The molecule has 0 aliphatic carbocycles. The van der Waals surface area contributed by atoms with E-state index >= 15 is 0 Å². The van der Waals surface area contributed by atoms with E-state index in [-0.39, 0.29) is 17.3 Å². The van der Waals surface area contributed by atoms with Gasteiger partial charge in [0.1, 0.15) is 11.5 Å². The lowest BCUT2D eigenvalue weighted by Gasteiger charge is -2.13. The zero-order valence-corrected chi connectivity index (χ0v) is 19.1. The van der Waals surface area contributed by atoms with Gasteiger partial charge in [0, 0.05) is 47.5 Å². The number of nitrogens with one attached hydrogen (secondary N) is 2. The molecular formula is C27H20FN5O3. The number of amides is 1. The Labute approximate surface area is 205 Å². The molecule has 0 aliphatic rings.